The van der Waals surface area contributed by atoms with Crippen LogP contribution >= 0.6 is 22.7 Å². The van der Waals surface area contributed by atoms with Crippen LogP contribution in [0, 0.1) is 0 Å². The average Bonchev–Trinajstić information content (AvgIpc) is 3.14. The Morgan fingerprint density at radius 2 is 1.76 bits per heavy atom. The van der Waals surface area contributed by atoms with Gasteiger partial charge in [-0.2, -0.15) is 0 Å². The molecule has 4 rings (SSSR count). The number of hydrogen-bond acceptors (Lipinski definition) is 5. The lowest BCUT2D eigenvalue weighted by atomic mass is 10.1. The van der Waals surface area contributed by atoms with Crippen LogP contribution in [0.4, 0.5) is 5.69 Å². The number of rotatable bonds is 2. The van der Waals surface area contributed by atoms with Gasteiger partial charge in [0.05, 0.1) is 4.88 Å². The first kappa shape index (κ1) is 12.7. The fourth-order valence-electron chi connectivity index (χ4n) is 2.36. The highest BCUT2D eigenvalue weighted by Gasteiger charge is 2.21. The molecule has 0 saturated carbocycles. The third-order valence-corrected chi connectivity index (χ3v) is 5.60. The Balaban J connectivity index is 1.75. The van der Waals surface area contributed by atoms with Gasteiger partial charge >= 0.3 is 0 Å². The van der Waals surface area contributed by atoms with Gasteiger partial charge in [-0.3, -0.25) is 0 Å². The number of hydrogen-bond donors (Lipinski definition) is 1. The SMILES string of the molecule is Nc1ccccc1-c1ccc(-c2scc3c2OCCO3)s1. The second-order valence-electron chi connectivity index (χ2n) is 4.71. The predicted molar refractivity (Wildman–Crippen MR) is 88.5 cm³/mol. The van der Waals surface area contributed by atoms with E-state index in [-0.39, 0.29) is 0 Å². The highest BCUT2D eigenvalue weighted by Crippen LogP contribution is 2.48. The molecule has 0 fully saturated rings. The van der Waals surface area contributed by atoms with Gasteiger partial charge < -0.3 is 15.2 Å². The van der Waals surface area contributed by atoms with E-state index >= 15 is 0 Å². The maximum atomic E-state index is 6.06. The minimum atomic E-state index is 0.612. The summed E-state index contributed by atoms with van der Waals surface area (Å²) < 4.78 is 11.4. The zero-order chi connectivity index (χ0) is 14.2. The molecule has 0 aliphatic carbocycles. The quantitative estimate of drug-likeness (QED) is 0.708. The monoisotopic (exact) mass is 315 g/mol. The molecule has 0 spiro atoms. The predicted octanol–water partition coefficient (Wildman–Crippen LogP) is 4.50. The molecule has 1 aliphatic rings. The van der Waals surface area contributed by atoms with Gasteiger partial charge in [0.2, 0.25) is 0 Å². The maximum Gasteiger partial charge on any atom is 0.180 e. The van der Waals surface area contributed by atoms with Crippen LogP contribution in [0.1, 0.15) is 0 Å². The molecule has 1 aliphatic heterocycles. The van der Waals surface area contributed by atoms with Crippen molar-refractivity contribution in [3.63, 3.8) is 0 Å². The zero-order valence-electron chi connectivity index (χ0n) is 11.2. The van der Waals surface area contributed by atoms with Crippen LogP contribution in [0.3, 0.4) is 0 Å². The summed E-state index contributed by atoms with van der Waals surface area (Å²) in [5, 5.41) is 2.01. The van der Waals surface area contributed by atoms with Crippen molar-refractivity contribution < 1.29 is 9.47 Å². The molecule has 2 aromatic heterocycles. The number of ether oxygens (including phenoxy) is 2. The summed E-state index contributed by atoms with van der Waals surface area (Å²) in [4.78, 5) is 3.49. The lowest BCUT2D eigenvalue weighted by Crippen LogP contribution is -2.14. The molecule has 0 atom stereocenters. The van der Waals surface area contributed by atoms with Crippen LogP contribution in [-0.2, 0) is 0 Å². The first-order valence-electron chi connectivity index (χ1n) is 6.65. The fraction of sp³-hybridized carbons (Fsp3) is 0.125. The Hall–Kier alpha value is -1.98. The molecule has 0 saturated heterocycles. The number of fused-ring (bicyclic) bond motifs is 1. The van der Waals surface area contributed by atoms with Gasteiger partial charge in [-0.15, -0.1) is 22.7 Å². The van der Waals surface area contributed by atoms with E-state index in [2.05, 4.69) is 18.2 Å². The Labute approximate surface area is 130 Å². The van der Waals surface area contributed by atoms with Crippen LogP contribution in [0.15, 0.2) is 41.8 Å². The number of nitrogens with two attached hydrogens (primary N) is 1. The Morgan fingerprint density at radius 1 is 0.952 bits per heavy atom. The summed E-state index contributed by atoms with van der Waals surface area (Å²) in [6.45, 7) is 1.24. The van der Waals surface area contributed by atoms with E-state index in [0.29, 0.717) is 13.2 Å². The fourth-order valence-corrected chi connectivity index (χ4v) is 4.47. The molecule has 1 aromatic carbocycles. The van der Waals surface area contributed by atoms with Crippen molar-refractivity contribution in [1.82, 2.24) is 0 Å². The van der Waals surface area contributed by atoms with Crippen molar-refractivity contribution >= 4 is 28.4 Å². The van der Waals surface area contributed by atoms with E-state index in [9.17, 15) is 0 Å². The van der Waals surface area contributed by atoms with Gasteiger partial charge in [-0.25, -0.2) is 0 Å². The summed E-state index contributed by atoms with van der Waals surface area (Å²) in [6, 6.07) is 12.2. The highest BCUT2D eigenvalue weighted by molar-refractivity contribution is 7.23. The van der Waals surface area contributed by atoms with E-state index in [4.69, 9.17) is 15.2 Å². The Kier molecular flexibility index (Phi) is 3.09. The molecule has 3 nitrogen and oxygen atoms in total. The molecule has 2 N–H and O–H groups in total. The number of para-hydroxylation sites is 1. The minimum absolute atomic E-state index is 0.612. The molecular formula is C16H13NO2S2. The molecule has 106 valence electrons. The van der Waals surface area contributed by atoms with Crippen LogP contribution in [0.25, 0.3) is 20.2 Å². The third-order valence-electron chi connectivity index (χ3n) is 3.36. The van der Waals surface area contributed by atoms with Crippen LogP contribution in [0.2, 0.25) is 0 Å². The second-order valence-corrected chi connectivity index (χ2v) is 6.67. The summed E-state index contributed by atoms with van der Waals surface area (Å²) in [5.74, 6) is 1.73. The summed E-state index contributed by atoms with van der Waals surface area (Å²) >= 11 is 3.39. The molecular weight excluding hydrogens is 302 g/mol. The summed E-state index contributed by atoms with van der Waals surface area (Å²) in [5.41, 5.74) is 7.94. The van der Waals surface area contributed by atoms with Crippen LogP contribution < -0.4 is 15.2 Å². The van der Waals surface area contributed by atoms with Crippen molar-refractivity contribution in [2.75, 3.05) is 18.9 Å². The maximum absolute atomic E-state index is 6.06. The zero-order valence-corrected chi connectivity index (χ0v) is 12.8. The molecule has 0 amide bonds. The lowest BCUT2D eigenvalue weighted by molar-refractivity contribution is 0.174. The van der Waals surface area contributed by atoms with Gasteiger partial charge in [-0.1, -0.05) is 18.2 Å². The number of nitrogen functional groups attached to an aromatic ring is 1. The first-order chi connectivity index (χ1) is 10.3. The molecule has 0 unspecified atom stereocenters. The number of benzene rings is 1. The van der Waals surface area contributed by atoms with Crippen molar-refractivity contribution in [3.8, 4) is 31.7 Å². The normalized spacial score (nSPS) is 13.3. The first-order valence-corrected chi connectivity index (χ1v) is 8.35. The van der Waals surface area contributed by atoms with Gasteiger partial charge in [0.15, 0.2) is 11.5 Å². The van der Waals surface area contributed by atoms with E-state index in [0.717, 1.165) is 27.6 Å². The smallest absolute Gasteiger partial charge is 0.180 e. The molecule has 0 radical (unpaired) electrons. The molecule has 3 aromatic rings. The minimum Gasteiger partial charge on any atom is -0.485 e. The van der Waals surface area contributed by atoms with Gasteiger partial charge in [0.25, 0.3) is 0 Å². The van der Waals surface area contributed by atoms with Crippen molar-refractivity contribution in [1.29, 1.82) is 0 Å². The van der Waals surface area contributed by atoms with Gasteiger partial charge in [-0.05, 0) is 18.2 Å². The Morgan fingerprint density at radius 3 is 2.67 bits per heavy atom. The van der Waals surface area contributed by atoms with E-state index < -0.39 is 0 Å². The molecule has 21 heavy (non-hydrogen) atoms. The highest BCUT2D eigenvalue weighted by atomic mass is 32.1. The third kappa shape index (κ3) is 2.18. The van der Waals surface area contributed by atoms with Crippen molar-refractivity contribution in [3.05, 3.63) is 41.8 Å². The summed E-state index contributed by atoms with van der Waals surface area (Å²) in [6.07, 6.45) is 0. The second kappa shape index (κ2) is 5.09. The number of thiophene rings is 2. The standard InChI is InChI=1S/C16H13NO2S2/c17-11-4-2-1-3-10(11)13-5-6-14(21-13)16-15-12(9-20-16)18-7-8-19-15/h1-6,9H,7-8,17H2. The number of anilines is 1. The molecule has 3 heterocycles. The van der Waals surface area contributed by atoms with Crippen LogP contribution in [0.5, 0.6) is 11.5 Å². The lowest BCUT2D eigenvalue weighted by Gasteiger charge is -2.15. The van der Waals surface area contributed by atoms with Gasteiger partial charge in [0.1, 0.15) is 13.2 Å². The topological polar surface area (TPSA) is 44.5 Å². The van der Waals surface area contributed by atoms with Crippen LogP contribution in [-0.4, -0.2) is 13.2 Å². The van der Waals surface area contributed by atoms with E-state index in [1.165, 1.54) is 9.75 Å². The average molecular weight is 315 g/mol. The van der Waals surface area contributed by atoms with E-state index in [1.807, 2.05) is 23.6 Å². The van der Waals surface area contributed by atoms with Crippen molar-refractivity contribution in [2.45, 2.75) is 0 Å². The molecule has 5 heteroatoms. The summed E-state index contributed by atoms with van der Waals surface area (Å²) in [7, 11) is 0. The van der Waals surface area contributed by atoms with E-state index in [1.54, 1.807) is 22.7 Å². The Bertz CT molecular complexity index is 791. The molecule has 0 bridgehead atoms. The van der Waals surface area contributed by atoms with Gasteiger partial charge in [0, 0.05) is 26.4 Å². The van der Waals surface area contributed by atoms with Crippen molar-refractivity contribution in [2.24, 2.45) is 0 Å². The largest absolute Gasteiger partial charge is 0.485 e.